The van der Waals surface area contributed by atoms with Crippen molar-refractivity contribution in [3.8, 4) is 11.4 Å². The van der Waals surface area contributed by atoms with Gasteiger partial charge in [0.1, 0.15) is 12.0 Å². The molecule has 26 heavy (non-hydrogen) atoms. The molecule has 1 N–H and O–H groups in total. The Kier molecular flexibility index (Phi) is 4.15. The Balaban J connectivity index is 1.73. The van der Waals surface area contributed by atoms with Gasteiger partial charge < -0.3 is 9.88 Å². The molecule has 1 amide bonds. The predicted molar refractivity (Wildman–Crippen MR) is 101 cm³/mol. The summed E-state index contributed by atoms with van der Waals surface area (Å²) in [6.45, 7) is 2.77. The number of nitrogens with one attached hydrogen (secondary N) is 1. The Bertz CT molecular complexity index is 1080. The fourth-order valence-corrected chi connectivity index (χ4v) is 2.96. The van der Waals surface area contributed by atoms with Crippen LogP contribution < -0.4 is 5.32 Å². The molecular formula is C20H17N5O. The number of rotatable bonds is 4. The number of aromatic nitrogens is 4. The molecule has 4 aromatic rings. The summed E-state index contributed by atoms with van der Waals surface area (Å²) >= 11 is 0. The second-order valence-electron chi connectivity index (χ2n) is 5.82. The first kappa shape index (κ1) is 16.0. The van der Waals surface area contributed by atoms with Crippen molar-refractivity contribution in [2.24, 2.45) is 0 Å². The number of carbonyl (C=O) groups is 1. The highest BCUT2D eigenvalue weighted by molar-refractivity contribution is 6.12. The van der Waals surface area contributed by atoms with Gasteiger partial charge in [0.25, 0.3) is 5.91 Å². The van der Waals surface area contributed by atoms with Crippen LogP contribution in [-0.2, 0) is 6.54 Å². The molecule has 4 rings (SSSR count). The van der Waals surface area contributed by atoms with Gasteiger partial charge in [0.05, 0.1) is 5.69 Å². The second kappa shape index (κ2) is 6.76. The number of pyridine rings is 1. The van der Waals surface area contributed by atoms with Crippen molar-refractivity contribution in [1.82, 2.24) is 19.7 Å². The third-order valence-corrected chi connectivity index (χ3v) is 4.26. The zero-order chi connectivity index (χ0) is 17.9. The fraction of sp³-hybridized carbons (Fsp3) is 0.100. The van der Waals surface area contributed by atoms with Crippen molar-refractivity contribution in [3.63, 3.8) is 0 Å². The third-order valence-electron chi connectivity index (χ3n) is 4.26. The van der Waals surface area contributed by atoms with E-state index in [1.165, 1.54) is 0 Å². The molecule has 0 unspecified atom stereocenters. The highest BCUT2D eigenvalue weighted by atomic mass is 16.1. The zero-order valence-electron chi connectivity index (χ0n) is 14.3. The van der Waals surface area contributed by atoms with Crippen LogP contribution in [0.25, 0.3) is 22.2 Å². The molecule has 0 aliphatic carbocycles. The molecule has 6 heteroatoms. The van der Waals surface area contributed by atoms with Crippen molar-refractivity contribution in [2.45, 2.75) is 13.5 Å². The Hall–Kier alpha value is -3.54. The predicted octanol–water partition coefficient (Wildman–Crippen LogP) is 3.77. The lowest BCUT2D eigenvalue weighted by molar-refractivity contribution is 0.102. The highest BCUT2D eigenvalue weighted by Crippen LogP contribution is 2.27. The van der Waals surface area contributed by atoms with Gasteiger partial charge in [-0.1, -0.05) is 36.4 Å². The summed E-state index contributed by atoms with van der Waals surface area (Å²) in [6, 6.07) is 17.2. The first-order chi connectivity index (χ1) is 12.8. The first-order valence-corrected chi connectivity index (χ1v) is 8.40. The van der Waals surface area contributed by atoms with Gasteiger partial charge in [0.2, 0.25) is 0 Å². The molecule has 0 spiro atoms. The van der Waals surface area contributed by atoms with Gasteiger partial charge in [-0.25, -0.2) is 0 Å². The van der Waals surface area contributed by atoms with E-state index in [9.17, 15) is 4.79 Å². The van der Waals surface area contributed by atoms with Crippen LogP contribution in [0.15, 0.2) is 67.1 Å². The quantitative estimate of drug-likeness (QED) is 0.612. The number of aryl methyl sites for hydroxylation is 1. The van der Waals surface area contributed by atoms with Crippen molar-refractivity contribution in [2.75, 3.05) is 5.32 Å². The maximum atomic E-state index is 12.9. The van der Waals surface area contributed by atoms with E-state index >= 15 is 0 Å². The number of fused-ring (bicyclic) bond motifs is 1. The number of hydrogen-bond acceptors (Lipinski definition) is 4. The topological polar surface area (TPSA) is 72.7 Å². The fourth-order valence-electron chi connectivity index (χ4n) is 2.96. The minimum Gasteiger partial charge on any atom is -0.320 e. The lowest BCUT2D eigenvalue weighted by Gasteiger charge is -2.12. The van der Waals surface area contributed by atoms with Gasteiger partial charge in [-0.2, -0.15) is 0 Å². The van der Waals surface area contributed by atoms with E-state index < -0.39 is 0 Å². The van der Waals surface area contributed by atoms with Gasteiger partial charge in [-0.05, 0) is 30.5 Å². The molecule has 128 valence electrons. The molecule has 2 heterocycles. The second-order valence-corrected chi connectivity index (χ2v) is 5.82. The lowest BCUT2D eigenvalue weighted by Crippen LogP contribution is -2.15. The maximum Gasteiger partial charge on any atom is 0.274 e. The number of amides is 1. The standard InChI is InChI=1S/C20H17N5O/c1-2-25-13-22-24-19(25)16-9-5-6-10-17(16)23-20(26)18-15-8-4-3-7-14(15)11-12-21-18/h3-13H,2H2,1H3,(H,23,26). The summed E-state index contributed by atoms with van der Waals surface area (Å²) in [5.74, 6) is 0.464. The number of para-hydroxylation sites is 1. The van der Waals surface area contributed by atoms with Crippen molar-refractivity contribution >= 4 is 22.4 Å². The number of anilines is 1. The molecule has 0 atom stereocenters. The summed E-state index contributed by atoms with van der Waals surface area (Å²) < 4.78 is 1.93. The zero-order valence-corrected chi connectivity index (χ0v) is 14.3. The van der Waals surface area contributed by atoms with Crippen LogP contribution in [0.5, 0.6) is 0 Å². The van der Waals surface area contributed by atoms with Crippen LogP contribution in [0.1, 0.15) is 17.4 Å². The number of benzene rings is 2. The average molecular weight is 343 g/mol. The molecule has 0 radical (unpaired) electrons. The van der Waals surface area contributed by atoms with Crippen LogP contribution in [0.2, 0.25) is 0 Å². The van der Waals surface area contributed by atoms with Crippen LogP contribution in [0.4, 0.5) is 5.69 Å². The van der Waals surface area contributed by atoms with E-state index in [0.717, 1.165) is 22.9 Å². The third kappa shape index (κ3) is 2.82. The molecule has 2 aromatic carbocycles. The normalized spacial score (nSPS) is 10.8. The van der Waals surface area contributed by atoms with Crippen LogP contribution in [-0.4, -0.2) is 25.7 Å². The molecule has 0 aliphatic rings. The lowest BCUT2D eigenvalue weighted by atomic mass is 10.1. The maximum absolute atomic E-state index is 12.9. The van der Waals surface area contributed by atoms with Crippen molar-refractivity contribution in [3.05, 3.63) is 72.8 Å². The van der Waals surface area contributed by atoms with Crippen molar-refractivity contribution in [1.29, 1.82) is 0 Å². The number of nitrogens with zero attached hydrogens (tertiary/aromatic N) is 4. The van der Waals surface area contributed by atoms with Gasteiger partial charge in [0, 0.05) is 23.7 Å². The van der Waals surface area contributed by atoms with E-state index in [1.807, 2.05) is 66.1 Å². The van der Waals surface area contributed by atoms with Crippen LogP contribution in [0.3, 0.4) is 0 Å². The smallest absolute Gasteiger partial charge is 0.274 e. The van der Waals surface area contributed by atoms with Gasteiger partial charge in [-0.3, -0.25) is 9.78 Å². The van der Waals surface area contributed by atoms with E-state index in [2.05, 4.69) is 20.5 Å². The van der Waals surface area contributed by atoms with Crippen molar-refractivity contribution < 1.29 is 4.79 Å². The molecule has 0 saturated heterocycles. The largest absolute Gasteiger partial charge is 0.320 e. The molecule has 0 aliphatic heterocycles. The summed E-state index contributed by atoms with van der Waals surface area (Å²) in [5.41, 5.74) is 1.89. The molecule has 6 nitrogen and oxygen atoms in total. The summed E-state index contributed by atoms with van der Waals surface area (Å²) in [7, 11) is 0. The van der Waals surface area contributed by atoms with Crippen LogP contribution in [0, 0.1) is 0 Å². The summed E-state index contributed by atoms with van der Waals surface area (Å²) in [4.78, 5) is 17.2. The summed E-state index contributed by atoms with van der Waals surface area (Å²) in [6.07, 6.45) is 3.33. The summed E-state index contributed by atoms with van der Waals surface area (Å²) in [5, 5.41) is 12.9. The Labute approximate surface area is 150 Å². The van der Waals surface area contributed by atoms with Crippen LogP contribution >= 0.6 is 0 Å². The molecule has 2 aromatic heterocycles. The van der Waals surface area contributed by atoms with Gasteiger partial charge in [0.15, 0.2) is 5.82 Å². The minimum absolute atomic E-state index is 0.253. The highest BCUT2D eigenvalue weighted by Gasteiger charge is 2.16. The van der Waals surface area contributed by atoms with E-state index in [0.29, 0.717) is 17.2 Å². The van der Waals surface area contributed by atoms with E-state index in [4.69, 9.17) is 0 Å². The van der Waals surface area contributed by atoms with E-state index in [-0.39, 0.29) is 5.91 Å². The SMILES string of the molecule is CCn1cnnc1-c1ccccc1NC(=O)c1nccc2ccccc12. The Morgan fingerprint density at radius 2 is 1.88 bits per heavy atom. The molecule has 0 bridgehead atoms. The monoisotopic (exact) mass is 343 g/mol. The van der Waals surface area contributed by atoms with Gasteiger partial charge in [-0.15, -0.1) is 10.2 Å². The molecule has 0 saturated carbocycles. The minimum atomic E-state index is -0.253. The van der Waals surface area contributed by atoms with E-state index in [1.54, 1.807) is 12.5 Å². The first-order valence-electron chi connectivity index (χ1n) is 8.40. The average Bonchev–Trinajstić information content (AvgIpc) is 3.16. The number of hydrogen-bond donors (Lipinski definition) is 1. The molecular weight excluding hydrogens is 326 g/mol. The Morgan fingerprint density at radius 1 is 1.08 bits per heavy atom. The molecule has 0 fully saturated rings. The Morgan fingerprint density at radius 3 is 2.77 bits per heavy atom. The van der Waals surface area contributed by atoms with Gasteiger partial charge >= 0.3 is 0 Å². The number of carbonyl (C=O) groups excluding carboxylic acids is 1.